The minimum Gasteiger partial charge on any atom is -0.545 e. The van der Waals surface area contributed by atoms with Gasteiger partial charge in [-0.25, -0.2) is 0 Å². The molecule has 0 aromatic rings. The highest BCUT2D eigenvalue weighted by Crippen LogP contribution is 2.04. The number of carbonyl (C=O) groups excluding carboxylic acids is 1. The lowest BCUT2D eigenvalue weighted by molar-refractivity contribution is -0.297. The van der Waals surface area contributed by atoms with Crippen molar-refractivity contribution in [1.29, 1.82) is 0 Å². The van der Waals surface area contributed by atoms with Crippen molar-refractivity contribution in [2.75, 3.05) is 13.2 Å². The molecule has 0 radical (unpaired) electrons. The van der Waals surface area contributed by atoms with E-state index in [0.717, 1.165) is 12.7 Å². The van der Waals surface area contributed by atoms with Crippen molar-refractivity contribution in [2.24, 2.45) is 0 Å². The van der Waals surface area contributed by atoms with Gasteiger partial charge in [-0.05, 0) is 6.08 Å². The maximum absolute atomic E-state index is 9.14. The average molecular weight is 145 g/mol. The number of aliphatic carboxylic acids is 1. The second-order valence-corrected chi connectivity index (χ2v) is 1.66. The van der Waals surface area contributed by atoms with Crippen LogP contribution in [0.25, 0.3) is 0 Å². The number of epoxide rings is 1. The molecule has 1 atom stereocenters. The van der Waals surface area contributed by atoms with Crippen LogP contribution in [-0.4, -0.2) is 30.4 Å². The van der Waals surface area contributed by atoms with E-state index in [2.05, 4.69) is 11.3 Å². The second kappa shape index (κ2) is 4.96. The predicted molar refractivity (Wildman–Crippen MR) is 32.0 cm³/mol. The number of hydrogen-bond acceptors (Lipinski definition) is 4. The molecule has 1 rings (SSSR count). The third-order valence-corrected chi connectivity index (χ3v) is 0.773. The Morgan fingerprint density at radius 1 is 2.00 bits per heavy atom. The molecule has 0 saturated carbocycles. The van der Waals surface area contributed by atoms with Crippen molar-refractivity contribution in [2.45, 2.75) is 6.10 Å². The van der Waals surface area contributed by atoms with Crippen LogP contribution >= 0.6 is 0 Å². The number of carboxylic acids is 1. The Morgan fingerprint density at radius 2 is 2.40 bits per heavy atom. The van der Waals surface area contributed by atoms with E-state index in [0.29, 0.717) is 0 Å². The normalized spacial score (nSPS) is 20.3. The number of aliphatic hydroxyl groups excluding tert-OH is 1. The van der Waals surface area contributed by atoms with Gasteiger partial charge in [-0.15, -0.1) is 0 Å². The summed E-state index contributed by atoms with van der Waals surface area (Å²) in [5.41, 5.74) is 0. The largest absolute Gasteiger partial charge is 0.545 e. The highest BCUT2D eigenvalue weighted by atomic mass is 16.6. The third kappa shape index (κ3) is 7.13. The molecule has 1 aliphatic heterocycles. The molecule has 0 aromatic heterocycles. The lowest BCUT2D eigenvalue weighted by Crippen LogP contribution is -2.17. The molecule has 1 unspecified atom stereocenters. The van der Waals surface area contributed by atoms with Crippen molar-refractivity contribution in [3.8, 4) is 0 Å². The van der Waals surface area contributed by atoms with Gasteiger partial charge < -0.3 is 19.7 Å². The van der Waals surface area contributed by atoms with Gasteiger partial charge in [0.1, 0.15) is 6.10 Å². The highest BCUT2D eigenvalue weighted by Gasteiger charge is 2.19. The Kier molecular flexibility index (Phi) is 4.53. The van der Waals surface area contributed by atoms with Crippen LogP contribution in [0.5, 0.6) is 0 Å². The quantitative estimate of drug-likeness (QED) is 0.371. The summed E-state index contributed by atoms with van der Waals surface area (Å²) in [5.74, 6) is -1.23. The fourth-order valence-corrected chi connectivity index (χ4v) is 0.173. The van der Waals surface area contributed by atoms with Crippen LogP contribution in [0.3, 0.4) is 0 Å². The van der Waals surface area contributed by atoms with Crippen molar-refractivity contribution < 1.29 is 19.7 Å². The first-order valence-electron chi connectivity index (χ1n) is 2.76. The molecular weight excluding hydrogens is 136 g/mol. The van der Waals surface area contributed by atoms with Gasteiger partial charge in [0.25, 0.3) is 0 Å². The molecule has 1 saturated heterocycles. The number of ether oxygens (including phenoxy) is 1. The Hall–Kier alpha value is -0.870. The van der Waals surface area contributed by atoms with Gasteiger partial charge >= 0.3 is 0 Å². The molecule has 0 aliphatic carbocycles. The van der Waals surface area contributed by atoms with E-state index < -0.39 is 5.97 Å². The molecular formula is C6H9O4-. The summed E-state index contributed by atoms with van der Waals surface area (Å²) in [6, 6.07) is 0. The van der Waals surface area contributed by atoms with E-state index >= 15 is 0 Å². The lowest BCUT2D eigenvalue weighted by atomic mass is 10.5. The third-order valence-electron chi connectivity index (χ3n) is 0.773. The first kappa shape index (κ1) is 9.13. The summed E-state index contributed by atoms with van der Waals surface area (Å²) in [4.78, 5) is 9.14. The van der Waals surface area contributed by atoms with E-state index in [-0.39, 0.29) is 12.7 Å². The predicted octanol–water partition coefficient (Wildman–Crippen LogP) is -1.70. The fraction of sp³-hybridized carbons (Fsp3) is 0.500. The SMILES string of the molecule is C=CC(=O)[O-].OCC1CO1. The topological polar surface area (TPSA) is 72.9 Å². The molecule has 1 N–H and O–H groups in total. The number of rotatable bonds is 2. The Bertz CT molecular complexity index is 117. The maximum Gasteiger partial charge on any atom is 0.104 e. The number of carboxylic acid groups (broad SMARTS) is 1. The van der Waals surface area contributed by atoms with Crippen LogP contribution in [-0.2, 0) is 9.53 Å². The lowest BCUT2D eigenvalue weighted by Gasteiger charge is -1.81. The molecule has 4 heteroatoms. The molecule has 58 valence electrons. The second-order valence-electron chi connectivity index (χ2n) is 1.66. The zero-order chi connectivity index (χ0) is 7.98. The van der Waals surface area contributed by atoms with Gasteiger partial charge in [-0.3, -0.25) is 0 Å². The van der Waals surface area contributed by atoms with Gasteiger partial charge in [0.05, 0.1) is 19.2 Å². The van der Waals surface area contributed by atoms with E-state index in [1.165, 1.54) is 0 Å². The van der Waals surface area contributed by atoms with Crippen LogP contribution in [0, 0.1) is 0 Å². The van der Waals surface area contributed by atoms with E-state index in [1.807, 2.05) is 0 Å². The van der Waals surface area contributed by atoms with Crippen LogP contribution in [0.1, 0.15) is 0 Å². The van der Waals surface area contributed by atoms with Gasteiger partial charge in [0, 0.05) is 0 Å². The van der Waals surface area contributed by atoms with Gasteiger partial charge in [-0.1, -0.05) is 6.58 Å². The number of aliphatic hydroxyl groups is 1. The molecule has 1 aliphatic rings. The minimum atomic E-state index is -1.23. The summed E-state index contributed by atoms with van der Waals surface area (Å²) < 4.78 is 4.61. The molecule has 0 spiro atoms. The standard InChI is InChI=1S/C3H6O2.C3H4O2/c4-1-3-2-5-3;1-2-3(4)5/h3-4H,1-2H2;2H,1H2,(H,4,5)/p-1. The van der Waals surface area contributed by atoms with Crippen LogP contribution in [0.4, 0.5) is 0 Å². The van der Waals surface area contributed by atoms with Crippen molar-refractivity contribution in [1.82, 2.24) is 0 Å². The first-order valence-corrected chi connectivity index (χ1v) is 2.76. The molecule has 1 fully saturated rings. The Morgan fingerprint density at radius 3 is 2.40 bits per heavy atom. The van der Waals surface area contributed by atoms with Crippen LogP contribution < -0.4 is 5.11 Å². The van der Waals surface area contributed by atoms with E-state index in [4.69, 9.17) is 15.0 Å². The molecule has 1 heterocycles. The zero-order valence-electron chi connectivity index (χ0n) is 5.45. The Balaban J connectivity index is 0.000000162. The molecule has 0 amide bonds. The fourth-order valence-electron chi connectivity index (χ4n) is 0.173. The van der Waals surface area contributed by atoms with Crippen molar-refractivity contribution in [3.05, 3.63) is 12.7 Å². The van der Waals surface area contributed by atoms with Crippen molar-refractivity contribution >= 4 is 5.97 Å². The van der Waals surface area contributed by atoms with Crippen LogP contribution in [0.2, 0.25) is 0 Å². The molecule has 0 bridgehead atoms. The molecule has 10 heavy (non-hydrogen) atoms. The first-order chi connectivity index (χ1) is 4.70. The summed E-state index contributed by atoms with van der Waals surface area (Å²) in [6.45, 7) is 3.85. The van der Waals surface area contributed by atoms with Crippen LogP contribution in [0.15, 0.2) is 12.7 Å². The van der Waals surface area contributed by atoms with E-state index in [1.54, 1.807) is 0 Å². The smallest absolute Gasteiger partial charge is 0.104 e. The van der Waals surface area contributed by atoms with Crippen molar-refractivity contribution in [3.63, 3.8) is 0 Å². The maximum atomic E-state index is 9.14. The highest BCUT2D eigenvalue weighted by molar-refractivity contribution is 5.76. The zero-order valence-corrected chi connectivity index (χ0v) is 5.45. The Labute approximate surface area is 58.7 Å². The van der Waals surface area contributed by atoms with Gasteiger partial charge in [-0.2, -0.15) is 0 Å². The number of hydrogen-bond donors (Lipinski definition) is 1. The van der Waals surface area contributed by atoms with Gasteiger partial charge in [0.15, 0.2) is 0 Å². The minimum absolute atomic E-state index is 0.190. The summed E-state index contributed by atoms with van der Waals surface area (Å²) >= 11 is 0. The van der Waals surface area contributed by atoms with Gasteiger partial charge in [0.2, 0.25) is 0 Å². The molecule has 4 nitrogen and oxygen atoms in total. The summed E-state index contributed by atoms with van der Waals surface area (Å²) in [5, 5.41) is 17.2. The number of carbonyl (C=O) groups is 1. The molecule has 0 aromatic carbocycles. The summed E-state index contributed by atoms with van der Waals surface area (Å²) in [7, 11) is 0. The summed E-state index contributed by atoms with van der Waals surface area (Å²) in [6.07, 6.45) is 0.912. The van der Waals surface area contributed by atoms with E-state index in [9.17, 15) is 0 Å². The average Bonchev–Trinajstić information content (AvgIpc) is 2.70. The monoisotopic (exact) mass is 145 g/mol.